The summed E-state index contributed by atoms with van der Waals surface area (Å²) in [5.41, 5.74) is 3.03. The van der Waals surface area contributed by atoms with Crippen LogP contribution in [-0.4, -0.2) is 43.2 Å². The summed E-state index contributed by atoms with van der Waals surface area (Å²) in [7, 11) is 0. The first-order valence-electron chi connectivity index (χ1n) is 8.19. The van der Waals surface area contributed by atoms with E-state index in [1.54, 1.807) is 0 Å². The third-order valence-corrected chi connectivity index (χ3v) is 5.11. The Balaban J connectivity index is 1.34. The first-order valence-corrected chi connectivity index (χ1v) is 8.19. The minimum Gasteiger partial charge on any atom is -0.311 e. The van der Waals surface area contributed by atoms with Crippen molar-refractivity contribution in [1.82, 2.24) is 15.5 Å². The molecule has 3 nitrogen and oxygen atoms in total. The molecule has 1 saturated carbocycles. The van der Waals surface area contributed by atoms with E-state index in [0.29, 0.717) is 12.1 Å². The van der Waals surface area contributed by atoms with Crippen LogP contribution in [0.2, 0.25) is 0 Å². The van der Waals surface area contributed by atoms with Crippen LogP contribution in [0.25, 0.3) is 0 Å². The van der Waals surface area contributed by atoms with Gasteiger partial charge in [-0.1, -0.05) is 24.3 Å². The molecule has 2 unspecified atom stereocenters. The van der Waals surface area contributed by atoms with Crippen molar-refractivity contribution in [2.75, 3.05) is 26.2 Å². The third-order valence-electron chi connectivity index (χ3n) is 5.11. The summed E-state index contributed by atoms with van der Waals surface area (Å²) in [6.07, 6.45) is 5.37. The highest BCUT2D eigenvalue weighted by Crippen LogP contribution is 2.30. The quantitative estimate of drug-likeness (QED) is 0.873. The van der Waals surface area contributed by atoms with E-state index >= 15 is 0 Å². The Morgan fingerprint density at radius 1 is 1.20 bits per heavy atom. The van der Waals surface area contributed by atoms with E-state index < -0.39 is 0 Å². The zero-order valence-electron chi connectivity index (χ0n) is 12.1. The fraction of sp³-hybridized carbons (Fsp3) is 0.647. The van der Waals surface area contributed by atoms with Crippen molar-refractivity contribution in [2.45, 2.75) is 43.8 Å². The van der Waals surface area contributed by atoms with E-state index in [4.69, 9.17) is 0 Å². The number of benzene rings is 1. The average molecular weight is 271 g/mol. The Bertz CT molecular complexity index is 469. The van der Waals surface area contributed by atoms with Crippen molar-refractivity contribution in [3.8, 4) is 0 Å². The normalized spacial score (nSPS) is 30.4. The lowest BCUT2D eigenvalue weighted by Crippen LogP contribution is -2.41. The lowest BCUT2D eigenvalue weighted by Gasteiger charge is -2.28. The summed E-state index contributed by atoms with van der Waals surface area (Å²) >= 11 is 0. The monoisotopic (exact) mass is 271 g/mol. The molecule has 20 heavy (non-hydrogen) atoms. The number of hydrogen-bond donors (Lipinski definition) is 2. The number of fused-ring (bicyclic) bond motifs is 1. The van der Waals surface area contributed by atoms with E-state index in [9.17, 15) is 0 Å². The van der Waals surface area contributed by atoms with Gasteiger partial charge in [-0.3, -0.25) is 4.90 Å². The van der Waals surface area contributed by atoms with Crippen molar-refractivity contribution < 1.29 is 0 Å². The van der Waals surface area contributed by atoms with Crippen LogP contribution in [0.5, 0.6) is 0 Å². The van der Waals surface area contributed by atoms with Gasteiger partial charge in [0, 0.05) is 37.8 Å². The molecule has 2 aliphatic heterocycles. The summed E-state index contributed by atoms with van der Waals surface area (Å²) in [6, 6.07) is 11.0. The number of hydrogen-bond acceptors (Lipinski definition) is 3. The minimum absolute atomic E-state index is 0.495. The van der Waals surface area contributed by atoms with Crippen LogP contribution in [0.4, 0.5) is 0 Å². The van der Waals surface area contributed by atoms with E-state index in [0.717, 1.165) is 19.1 Å². The molecule has 4 rings (SSSR count). The summed E-state index contributed by atoms with van der Waals surface area (Å²) in [5, 5.41) is 7.47. The van der Waals surface area contributed by atoms with Gasteiger partial charge in [-0.05, 0) is 43.4 Å². The Morgan fingerprint density at radius 3 is 3.00 bits per heavy atom. The van der Waals surface area contributed by atoms with Crippen molar-refractivity contribution in [3.63, 3.8) is 0 Å². The summed E-state index contributed by atoms with van der Waals surface area (Å²) in [6.45, 7) is 4.75. The Morgan fingerprint density at radius 2 is 2.10 bits per heavy atom. The van der Waals surface area contributed by atoms with Crippen molar-refractivity contribution in [2.24, 2.45) is 0 Å². The van der Waals surface area contributed by atoms with Gasteiger partial charge in [-0.15, -0.1) is 0 Å². The molecular weight excluding hydrogens is 246 g/mol. The van der Waals surface area contributed by atoms with Gasteiger partial charge in [0.2, 0.25) is 0 Å². The fourth-order valence-electron chi connectivity index (χ4n) is 3.78. The molecule has 1 saturated heterocycles. The largest absolute Gasteiger partial charge is 0.311 e. The molecule has 108 valence electrons. The maximum Gasteiger partial charge on any atom is 0.0449 e. The van der Waals surface area contributed by atoms with Gasteiger partial charge >= 0.3 is 0 Å². The fourth-order valence-corrected chi connectivity index (χ4v) is 3.78. The summed E-state index contributed by atoms with van der Waals surface area (Å²) in [5.74, 6) is 0. The molecule has 1 aliphatic carbocycles. The molecule has 2 heterocycles. The second-order valence-electron chi connectivity index (χ2n) is 6.58. The lowest BCUT2D eigenvalue weighted by molar-refractivity contribution is 0.315. The number of likely N-dealkylation sites (tertiary alicyclic amines) is 1. The van der Waals surface area contributed by atoms with Crippen LogP contribution in [0.1, 0.15) is 36.4 Å². The van der Waals surface area contributed by atoms with Crippen LogP contribution in [0, 0.1) is 0 Å². The molecule has 0 radical (unpaired) electrons. The first kappa shape index (κ1) is 12.8. The zero-order chi connectivity index (χ0) is 13.4. The van der Waals surface area contributed by atoms with E-state index in [2.05, 4.69) is 39.8 Å². The van der Waals surface area contributed by atoms with Gasteiger partial charge in [0.1, 0.15) is 0 Å². The molecule has 3 heteroatoms. The van der Waals surface area contributed by atoms with Crippen LogP contribution in [0.15, 0.2) is 24.3 Å². The van der Waals surface area contributed by atoms with Gasteiger partial charge in [-0.2, -0.15) is 0 Å². The molecule has 0 bridgehead atoms. The summed E-state index contributed by atoms with van der Waals surface area (Å²) < 4.78 is 0. The highest BCUT2D eigenvalue weighted by atomic mass is 15.2. The van der Waals surface area contributed by atoms with Crippen LogP contribution in [0.3, 0.4) is 0 Å². The second-order valence-corrected chi connectivity index (χ2v) is 6.58. The molecule has 2 fully saturated rings. The average Bonchev–Trinajstić information content (AvgIpc) is 3.24. The van der Waals surface area contributed by atoms with E-state index in [1.807, 2.05) is 0 Å². The van der Waals surface area contributed by atoms with Crippen LogP contribution < -0.4 is 10.6 Å². The van der Waals surface area contributed by atoms with Gasteiger partial charge in [0.25, 0.3) is 0 Å². The first-order chi connectivity index (χ1) is 9.90. The molecule has 0 amide bonds. The van der Waals surface area contributed by atoms with E-state index in [-0.39, 0.29) is 0 Å². The minimum atomic E-state index is 0.495. The Labute approximate surface area is 121 Å². The standard InChI is InChI=1S/C17H25N3/c1-2-4-16-13(3-1)7-9-18-17(16)11-19-14-8-10-20(12-14)15-5-6-15/h1-4,14-15,17-19H,5-12H2. The highest BCUT2D eigenvalue weighted by molar-refractivity contribution is 5.32. The van der Waals surface area contributed by atoms with Crippen molar-refractivity contribution in [3.05, 3.63) is 35.4 Å². The maximum atomic E-state index is 3.80. The van der Waals surface area contributed by atoms with Crippen LogP contribution in [-0.2, 0) is 6.42 Å². The molecular formula is C17H25N3. The van der Waals surface area contributed by atoms with Gasteiger partial charge < -0.3 is 10.6 Å². The topological polar surface area (TPSA) is 27.3 Å². The van der Waals surface area contributed by atoms with Gasteiger partial charge in [-0.25, -0.2) is 0 Å². The zero-order valence-corrected chi connectivity index (χ0v) is 12.1. The smallest absolute Gasteiger partial charge is 0.0449 e. The molecule has 0 spiro atoms. The van der Waals surface area contributed by atoms with Gasteiger partial charge in [0.05, 0.1) is 0 Å². The molecule has 2 atom stereocenters. The predicted octanol–water partition coefficient (Wildman–Crippen LogP) is 1.70. The summed E-state index contributed by atoms with van der Waals surface area (Å²) in [4.78, 5) is 2.68. The predicted molar refractivity (Wildman–Crippen MR) is 81.9 cm³/mol. The Hall–Kier alpha value is -0.900. The molecule has 0 aromatic heterocycles. The maximum absolute atomic E-state index is 3.80. The number of nitrogens with one attached hydrogen (secondary N) is 2. The number of rotatable bonds is 4. The second kappa shape index (κ2) is 5.47. The molecule has 2 N–H and O–H groups in total. The van der Waals surface area contributed by atoms with E-state index in [1.165, 1.54) is 49.9 Å². The number of nitrogens with zero attached hydrogens (tertiary/aromatic N) is 1. The lowest BCUT2D eigenvalue weighted by atomic mass is 9.94. The van der Waals surface area contributed by atoms with Crippen molar-refractivity contribution >= 4 is 0 Å². The Kier molecular flexibility index (Phi) is 3.51. The molecule has 3 aliphatic rings. The van der Waals surface area contributed by atoms with Crippen LogP contribution >= 0.6 is 0 Å². The molecule has 1 aromatic rings. The SMILES string of the molecule is c1ccc2c(c1)CCNC2CNC1CCN(C2CC2)C1. The van der Waals surface area contributed by atoms with Crippen molar-refractivity contribution in [1.29, 1.82) is 0 Å². The third kappa shape index (κ3) is 2.62. The highest BCUT2D eigenvalue weighted by Gasteiger charge is 2.34. The molecule has 1 aromatic carbocycles. The van der Waals surface area contributed by atoms with Gasteiger partial charge in [0.15, 0.2) is 0 Å².